The van der Waals surface area contributed by atoms with Crippen LogP contribution in [-0.2, 0) is 10.2 Å². The molecule has 2 N–H and O–H groups in total. The van der Waals surface area contributed by atoms with E-state index in [-0.39, 0.29) is 17.9 Å². The summed E-state index contributed by atoms with van der Waals surface area (Å²) in [4.78, 5) is 41.1. The van der Waals surface area contributed by atoms with Crippen molar-refractivity contribution in [2.75, 3.05) is 30.4 Å². The Balaban J connectivity index is 1.16. The van der Waals surface area contributed by atoms with Crippen molar-refractivity contribution in [3.8, 4) is 11.3 Å². The third-order valence-electron chi connectivity index (χ3n) is 10.5. The van der Waals surface area contributed by atoms with Gasteiger partial charge in [0.1, 0.15) is 5.52 Å². The van der Waals surface area contributed by atoms with Crippen LogP contribution in [0.25, 0.3) is 22.3 Å². The molecule has 0 bridgehead atoms. The van der Waals surface area contributed by atoms with Crippen LogP contribution in [0.1, 0.15) is 80.8 Å². The summed E-state index contributed by atoms with van der Waals surface area (Å²) in [6.07, 6.45) is 10.1. The van der Waals surface area contributed by atoms with E-state index in [1.165, 1.54) is 32.4 Å². The number of amides is 2. The van der Waals surface area contributed by atoms with Gasteiger partial charge in [0.05, 0.1) is 33.5 Å². The van der Waals surface area contributed by atoms with E-state index in [9.17, 15) is 9.59 Å². The lowest BCUT2D eigenvalue weighted by Gasteiger charge is -2.48. The second kappa shape index (κ2) is 11.1. The number of fused-ring (bicyclic) bond motifs is 2. The molecule has 2 aliphatic carbocycles. The summed E-state index contributed by atoms with van der Waals surface area (Å²) in [5, 5.41) is 6.53. The van der Waals surface area contributed by atoms with E-state index in [0.29, 0.717) is 34.2 Å². The quantitative estimate of drug-likeness (QED) is 0.231. The maximum absolute atomic E-state index is 13.9. The smallest absolute Gasteiger partial charge is 0.252 e. The number of hydrogen-bond acceptors (Lipinski definition) is 6. The Morgan fingerprint density at radius 2 is 1.76 bits per heavy atom. The number of imidazole rings is 1. The molecule has 0 spiro atoms. The highest BCUT2D eigenvalue weighted by Gasteiger charge is 2.50. The molecular weight excluding hydrogens is 598 g/mol. The zero-order valence-electron chi connectivity index (χ0n) is 26.6. The summed E-state index contributed by atoms with van der Waals surface area (Å²) < 4.78 is 2.20. The topological polar surface area (TPSA) is 95.4 Å². The number of halogens is 1. The van der Waals surface area contributed by atoms with Crippen LogP contribution in [0.3, 0.4) is 0 Å². The number of benzene rings is 2. The molecule has 0 unspecified atom stereocenters. The molecule has 2 amide bonds. The maximum atomic E-state index is 13.9. The van der Waals surface area contributed by atoms with Crippen LogP contribution >= 0.6 is 11.6 Å². The van der Waals surface area contributed by atoms with E-state index in [2.05, 4.69) is 43.2 Å². The van der Waals surface area contributed by atoms with Crippen molar-refractivity contribution in [3.05, 3.63) is 64.9 Å². The summed E-state index contributed by atoms with van der Waals surface area (Å²) in [5.41, 5.74) is 6.09. The van der Waals surface area contributed by atoms with Gasteiger partial charge in [-0.3, -0.25) is 9.59 Å². The highest BCUT2D eigenvalue weighted by molar-refractivity contribution is 6.34. The van der Waals surface area contributed by atoms with Crippen molar-refractivity contribution in [2.45, 2.75) is 82.3 Å². The second-order valence-corrected chi connectivity index (χ2v) is 14.3. The zero-order chi connectivity index (χ0) is 31.7. The number of nitrogens with zero attached hydrogens (tertiary/aromatic N) is 5. The van der Waals surface area contributed by atoms with Gasteiger partial charge in [0.2, 0.25) is 5.91 Å². The number of anilines is 3. The van der Waals surface area contributed by atoms with E-state index in [0.717, 1.165) is 59.2 Å². The third kappa shape index (κ3) is 4.86. The van der Waals surface area contributed by atoms with Gasteiger partial charge in [0, 0.05) is 42.1 Å². The molecule has 238 valence electrons. The van der Waals surface area contributed by atoms with E-state index in [1.807, 2.05) is 32.3 Å². The van der Waals surface area contributed by atoms with Crippen LogP contribution in [0, 0.1) is 0 Å². The minimum absolute atomic E-state index is 0.186. The number of aromatic nitrogens is 3. The summed E-state index contributed by atoms with van der Waals surface area (Å²) in [7, 11) is 1.59. The maximum Gasteiger partial charge on any atom is 0.252 e. The fraction of sp³-hybridized carbons (Fsp3) is 0.444. The van der Waals surface area contributed by atoms with Crippen molar-refractivity contribution >= 4 is 51.6 Å². The predicted molar refractivity (Wildman–Crippen MR) is 182 cm³/mol. The molecular formula is C36H40ClN7O2. The van der Waals surface area contributed by atoms with Crippen LogP contribution < -0.4 is 15.5 Å². The fourth-order valence-corrected chi connectivity index (χ4v) is 7.83. The molecule has 8 rings (SSSR count). The molecule has 2 aliphatic heterocycles. The standard InChI is InChI=1S/C36H40ClN7O2/c1-36(2)27-11-7-21(15-31(27)44(35(36)46)25-17-24(18-25)42-13-5-4-6-14-42)29-19-30-32(43(20-39-30)23-9-10-23)33(41-29)40-22-8-12-28(37)26(16-22)34(45)38-3/h7-8,11-12,15-16,19-20,23-25H,4-6,9-10,13-14,17-18H2,1-3H3,(H,38,45)(H,40,41)/t24-,25+. The Labute approximate surface area is 274 Å². The number of carbonyl (C=O) groups is 2. The molecule has 0 atom stereocenters. The number of pyridine rings is 1. The molecule has 3 fully saturated rings. The monoisotopic (exact) mass is 637 g/mol. The molecule has 9 nitrogen and oxygen atoms in total. The molecule has 2 aromatic heterocycles. The van der Waals surface area contributed by atoms with Crippen molar-refractivity contribution in [1.29, 1.82) is 0 Å². The number of nitrogens with one attached hydrogen (secondary N) is 2. The van der Waals surface area contributed by atoms with Gasteiger partial charge in [0.15, 0.2) is 5.82 Å². The minimum Gasteiger partial charge on any atom is -0.355 e. The lowest BCUT2D eigenvalue weighted by Crippen LogP contribution is -2.57. The molecule has 4 aromatic rings. The summed E-state index contributed by atoms with van der Waals surface area (Å²) >= 11 is 6.35. The molecule has 2 saturated carbocycles. The zero-order valence-corrected chi connectivity index (χ0v) is 27.4. The Bertz CT molecular complexity index is 1870. The Morgan fingerprint density at radius 1 is 0.978 bits per heavy atom. The van der Waals surface area contributed by atoms with Crippen molar-refractivity contribution < 1.29 is 9.59 Å². The van der Waals surface area contributed by atoms with Crippen molar-refractivity contribution in [2.24, 2.45) is 0 Å². The molecule has 46 heavy (non-hydrogen) atoms. The molecule has 10 heteroatoms. The van der Waals surface area contributed by atoms with Gasteiger partial charge in [0.25, 0.3) is 5.91 Å². The first kappa shape index (κ1) is 29.5. The Morgan fingerprint density at radius 3 is 2.50 bits per heavy atom. The van der Waals surface area contributed by atoms with Crippen LogP contribution in [0.15, 0.2) is 48.8 Å². The first-order chi connectivity index (χ1) is 22.2. The largest absolute Gasteiger partial charge is 0.355 e. The normalized spacial score (nSPS) is 22.5. The van der Waals surface area contributed by atoms with E-state index in [4.69, 9.17) is 21.6 Å². The predicted octanol–water partition coefficient (Wildman–Crippen LogP) is 6.83. The van der Waals surface area contributed by atoms with Crippen molar-refractivity contribution in [3.63, 3.8) is 0 Å². The number of carbonyl (C=O) groups excluding carboxylic acids is 2. The summed E-state index contributed by atoms with van der Waals surface area (Å²) in [6.45, 7) is 6.46. The molecule has 1 saturated heterocycles. The lowest BCUT2D eigenvalue weighted by atomic mass is 9.82. The number of likely N-dealkylation sites (tertiary alicyclic amines) is 1. The molecule has 0 radical (unpaired) electrons. The average molecular weight is 638 g/mol. The summed E-state index contributed by atoms with van der Waals surface area (Å²) in [5.74, 6) is 0.599. The number of rotatable bonds is 7. The Kier molecular flexibility index (Phi) is 7.10. The van der Waals surface area contributed by atoms with Crippen molar-refractivity contribution in [1.82, 2.24) is 24.8 Å². The van der Waals surface area contributed by atoms with Gasteiger partial charge in [-0.25, -0.2) is 9.97 Å². The highest BCUT2D eigenvalue weighted by Crippen LogP contribution is 2.48. The van der Waals surface area contributed by atoms with Gasteiger partial charge in [-0.2, -0.15) is 0 Å². The van der Waals surface area contributed by atoms with E-state index in [1.54, 1.807) is 19.2 Å². The first-order valence-corrected chi connectivity index (χ1v) is 17.0. The molecule has 2 aromatic carbocycles. The Hall–Kier alpha value is -3.95. The van der Waals surface area contributed by atoms with Gasteiger partial charge >= 0.3 is 0 Å². The SMILES string of the molecule is CNC(=O)c1cc(Nc2nc(-c3ccc4c(c3)N([C@H]3C[C@@H](N5CCCCC5)C3)C(=O)C4(C)C)cc3ncn(C4CC4)c23)ccc1Cl. The van der Waals surface area contributed by atoms with Gasteiger partial charge in [-0.15, -0.1) is 0 Å². The van der Waals surface area contributed by atoms with Crippen LogP contribution in [0.2, 0.25) is 5.02 Å². The van der Waals surface area contributed by atoms with Crippen LogP contribution in [0.4, 0.5) is 17.2 Å². The molecule has 4 heterocycles. The number of piperidine rings is 1. The van der Waals surface area contributed by atoms with E-state index < -0.39 is 5.41 Å². The minimum atomic E-state index is -0.575. The third-order valence-corrected chi connectivity index (χ3v) is 10.9. The van der Waals surface area contributed by atoms with Gasteiger partial charge < -0.3 is 25.0 Å². The molecule has 4 aliphatic rings. The summed E-state index contributed by atoms with van der Waals surface area (Å²) in [6, 6.07) is 14.9. The van der Waals surface area contributed by atoms with Crippen LogP contribution in [-0.4, -0.2) is 63.5 Å². The van der Waals surface area contributed by atoms with Crippen LogP contribution in [0.5, 0.6) is 0 Å². The van der Waals surface area contributed by atoms with Gasteiger partial charge in [-0.1, -0.05) is 30.2 Å². The van der Waals surface area contributed by atoms with Gasteiger partial charge in [-0.05, 0) is 101 Å². The lowest BCUT2D eigenvalue weighted by molar-refractivity contribution is -0.123. The second-order valence-electron chi connectivity index (χ2n) is 13.9. The average Bonchev–Trinajstić information content (AvgIpc) is 3.76. The highest BCUT2D eigenvalue weighted by atomic mass is 35.5. The van der Waals surface area contributed by atoms with E-state index >= 15 is 0 Å². The first-order valence-electron chi connectivity index (χ1n) is 16.6. The fourth-order valence-electron chi connectivity index (χ4n) is 7.63. The number of hydrogen-bond donors (Lipinski definition) is 2.